The van der Waals surface area contributed by atoms with Crippen molar-refractivity contribution in [2.45, 2.75) is 95.1 Å². The van der Waals surface area contributed by atoms with E-state index in [2.05, 4.69) is 46.5 Å². The van der Waals surface area contributed by atoms with Gasteiger partial charge in [0.05, 0.1) is 12.3 Å². The van der Waals surface area contributed by atoms with E-state index in [9.17, 15) is 4.79 Å². The third-order valence-corrected chi connectivity index (χ3v) is 8.79. The highest BCUT2D eigenvalue weighted by Gasteiger charge is 2.27. The van der Waals surface area contributed by atoms with E-state index in [1.165, 1.54) is 40.3 Å². The molecule has 1 aromatic heterocycles. The molecule has 0 fully saturated rings. The average Bonchev–Trinajstić information content (AvgIpc) is 3.34. The largest absolute Gasteiger partial charge is 0.493 e. The molecule has 0 aliphatic carbocycles. The molecular formula is C37H47NO4. The van der Waals surface area contributed by atoms with E-state index in [0.29, 0.717) is 24.7 Å². The van der Waals surface area contributed by atoms with Gasteiger partial charge in [0.2, 0.25) is 5.89 Å². The lowest BCUT2D eigenvalue weighted by Gasteiger charge is -2.25. The fraction of sp³-hybridized carbons (Fsp3) is 0.405. The number of hydrogen-bond donors (Lipinski definition) is 0. The minimum absolute atomic E-state index is 0.0160. The van der Waals surface area contributed by atoms with Gasteiger partial charge >= 0.3 is 0 Å². The maximum Gasteiger partial charge on any atom is 0.226 e. The molecule has 0 aliphatic rings. The molecule has 4 aromatic rings. The first kappa shape index (κ1) is 32.7. The van der Waals surface area contributed by atoms with Crippen LogP contribution in [-0.2, 0) is 11.2 Å². The number of benzene rings is 3. The van der Waals surface area contributed by atoms with Crippen LogP contribution in [0.3, 0.4) is 0 Å². The number of carbonyl (C=O) groups is 1. The number of ketones is 1. The van der Waals surface area contributed by atoms with E-state index in [1.54, 1.807) is 13.8 Å². The van der Waals surface area contributed by atoms with Crippen LogP contribution in [0.25, 0.3) is 11.5 Å². The van der Waals surface area contributed by atoms with Gasteiger partial charge < -0.3 is 13.9 Å². The highest BCUT2D eigenvalue weighted by molar-refractivity contribution is 5.84. The van der Waals surface area contributed by atoms with Crippen molar-refractivity contribution in [3.05, 3.63) is 98.4 Å². The standard InChI is InChI=1S/C25H29NO4.C12H18/c1-16-17(2)23(30-25(5,6)19(4)27)13-12-22(16)28-15-14-21-18(3)29-24(26-21)20-10-8-7-9-11-20;1-7-8(2)10(4)12(6)11(5)9(7)3/h7-13H,14-15H2,1-6H3;1-6H3. The van der Waals surface area contributed by atoms with E-state index >= 15 is 0 Å². The average molecular weight is 570 g/mol. The maximum absolute atomic E-state index is 11.8. The zero-order valence-electron chi connectivity index (χ0n) is 27.5. The second-order valence-electron chi connectivity index (χ2n) is 11.7. The Balaban J connectivity index is 0.000000337. The highest BCUT2D eigenvalue weighted by Crippen LogP contribution is 2.32. The predicted molar refractivity (Wildman–Crippen MR) is 172 cm³/mol. The van der Waals surface area contributed by atoms with E-state index in [4.69, 9.17) is 13.9 Å². The first-order valence-corrected chi connectivity index (χ1v) is 14.6. The summed E-state index contributed by atoms with van der Waals surface area (Å²) in [5.74, 6) is 2.91. The zero-order chi connectivity index (χ0) is 31.4. The van der Waals surface area contributed by atoms with Crippen molar-refractivity contribution < 1.29 is 18.7 Å². The molecule has 4 rings (SSSR count). The van der Waals surface area contributed by atoms with E-state index in [0.717, 1.165) is 33.9 Å². The van der Waals surface area contributed by atoms with Crippen molar-refractivity contribution in [1.82, 2.24) is 4.98 Å². The number of rotatable bonds is 8. The Labute approximate surface area is 252 Å². The maximum atomic E-state index is 11.8. The summed E-state index contributed by atoms with van der Waals surface area (Å²) in [6.07, 6.45) is 0.649. The zero-order valence-corrected chi connectivity index (χ0v) is 27.5. The van der Waals surface area contributed by atoms with Gasteiger partial charge in [0.25, 0.3) is 0 Å². The molecule has 0 saturated heterocycles. The summed E-state index contributed by atoms with van der Waals surface area (Å²) in [7, 11) is 0. The summed E-state index contributed by atoms with van der Waals surface area (Å²) in [6, 6.07) is 13.6. The molecule has 3 aromatic carbocycles. The van der Waals surface area contributed by atoms with Crippen LogP contribution in [0.1, 0.15) is 76.7 Å². The van der Waals surface area contributed by atoms with Crippen molar-refractivity contribution in [2.24, 2.45) is 0 Å². The van der Waals surface area contributed by atoms with Gasteiger partial charge in [-0.3, -0.25) is 4.79 Å². The number of hydrogen-bond acceptors (Lipinski definition) is 5. The molecule has 0 bridgehead atoms. The molecule has 5 heteroatoms. The number of aryl methyl sites for hydroxylation is 1. The Hall–Kier alpha value is -3.86. The quantitative estimate of drug-likeness (QED) is 0.212. The number of oxazole rings is 1. The molecule has 42 heavy (non-hydrogen) atoms. The van der Waals surface area contributed by atoms with Crippen LogP contribution in [0.2, 0.25) is 0 Å². The number of nitrogens with zero attached hydrogens (tertiary/aromatic N) is 1. The van der Waals surface area contributed by atoms with Crippen LogP contribution >= 0.6 is 0 Å². The van der Waals surface area contributed by atoms with Gasteiger partial charge in [-0.05, 0) is 152 Å². The fourth-order valence-electron chi connectivity index (χ4n) is 4.69. The van der Waals surface area contributed by atoms with Gasteiger partial charge in [0.15, 0.2) is 11.4 Å². The molecular weight excluding hydrogens is 522 g/mol. The van der Waals surface area contributed by atoms with Crippen LogP contribution in [-0.4, -0.2) is 23.0 Å². The molecule has 0 atom stereocenters. The molecule has 0 saturated carbocycles. The van der Waals surface area contributed by atoms with Crippen molar-refractivity contribution in [3.8, 4) is 23.0 Å². The Morgan fingerprint density at radius 3 is 1.69 bits per heavy atom. The predicted octanol–water partition coefficient (Wildman–Crippen LogP) is 9.17. The molecule has 0 N–H and O–H groups in total. The Morgan fingerprint density at radius 1 is 0.714 bits per heavy atom. The van der Waals surface area contributed by atoms with Crippen LogP contribution in [0.15, 0.2) is 46.9 Å². The second-order valence-corrected chi connectivity index (χ2v) is 11.7. The summed E-state index contributed by atoms with van der Waals surface area (Å²) in [5, 5.41) is 0. The van der Waals surface area contributed by atoms with E-state index in [1.807, 2.05) is 63.2 Å². The lowest BCUT2D eigenvalue weighted by Crippen LogP contribution is -2.36. The third-order valence-electron chi connectivity index (χ3n) is 8.79. The molecule has 0 amide bonds. The second kappa shape index (κ2) is 13.4. The number of carbonyl (C=O) groups excluding carboxylic acids is 1. The van der Waals surface area contributed by atoms with Gasteiger partial charge in [-0.15, -0.1) is 0 Å². The minimum atomic E-state index is -0.861. The number of aromatic nitrogens is 1. The first-order valence-electron chi connectivity index (χ1n) is 14.6. The summed E-state index contributed by atoms with van der Waals surface area (Å²) < 4.78 is 17.8. The molecule has 1 heterocycles. The monoisotopic (exact) mass is 569 g/mol. The summed E-state index contributed by atoms with van der Waals surface area (Å²) in [5.41, 5.74) is 11.7. The first-order chi connectivity index (χ1) is 19.7. The molecule has 0 aliphatic heterocycles. The topological polar surface area (TPSA) is 61.6 Å². The molecule has 224 valence electrons. The summed E-state index contributed by atoms with van der Waals surface area (Å²) in [4.78, 5) is 16.4. The van der Waals surface area contributed by atoms with Crippen LogP contribution in [0.5, 0.6) is 11.5 Å². The Kier molecular flexibility index (Phi) is 10.4. The number of Topliss-reactive ketones (excluding diaryl/α,β-unsaturated/α-hetero) is 1. The van der Waals surface area contributed by atoms with Gasteiger partial charge in [-0.1, -0.05) is 18.2 Å². The van der Waals surface area contributed by atoms with Crippen molar-refractivity contribution in [2.75, 3.05) is 6.61 Å². The highest BCUT2D eigenvalue weighted by atomic mass is 16.5. The number of ether oxygens (including phenoxy) is 2. The van der Waals surface area contributed by atoms with Crippen LogP contribution < -0.4 is 9.47 Å². The van der Waals surface area contributed by atoms with E-state index in [-0.39, 0.29) is 5.78 Å². The van der Waals surface area contributed by atoms with Crippen molar-refractivity contribution in [1.29, 1.82) is 0 Å². The lowest BCUT2D eigenvalue weighted by molar-refractivity contribution is -0.129. The summed E-state index contributed by atoms with van der Waals surface area (Å²) in [6.45, 7) is 24.7. The van der Waals surface area contributed by atoms with Crippen molar-refractivity contribution >= 4 is 5.78 Å². The van der Waals surface area contributed by atoms with Gasteiger partial charge in [0, 0.05) is 12.0 Å². The summed E-state index contributed by atoms with van der Waals surface area (Å²) >= 11 is 0. The fourth-order valence-corrected chi connectivity index (χ4v) is 4.69. The normalized spacial score (nSPS) is 11.1. The molecule has 0 radical (unpaired) electrons. The van der Waals surface area contributed by atoms with Crippen LogP contribution in [0.4, 0.5) is 0 Å². The Morgan fingerprint density at radius 2 is 1.19 bits per heavy atom. The Bertz CT molecular complexity index is 1460. The van der Waals surface area contributed by atoms with Gasteiger partial charge in [0.1, 0.15) is 17.3 Å². The molecule has 0 spiro atoms. The van der Waals surface area contributed by atoms with Crippen molar-refractivity contribution in [3.63, 3.8) is 0 Å². The van der Waals surface area contributed by atoms with Gasteiger partial charge in [-0.2, -0.15) is 0 Å². The SMILES string of the molecule is CC(=O)C(C)(C)Oc1ccc(OCCc2nc(-c3ccccc3)oc2C)c(C)c1C.Cc1c(C)c(C)c(C)c(C)c1C. The lowest BCUT2D eigenvalue weighted by atomic mass is 9.90. The van der Waals surface area contributed by atoms with Crippen LogP contribution in [0, 0.1) is 62.3 Å². The third kappa shape index (κ3) is 7.31. The molecule has 0 unspecified atom stereocenters. The van der Waals surface area contributed by atoms with Gasteiger partial charge in [-0.25, -0.2) is 4.98 Å². The molecule has 5 nitrogen and oxygen atoms in total. The smallest absolute Gasteiger partial charge is 0.226 e. The van der Waals surface area contributed by atoms with E-state index < -0.39 is 5.60 Å². The minimum Gasteiger partial charge on any atom is -0.493 e.